The first kappa shape index (κ1) is 19.4. The number of hydrogen-bond acceptors (Lipinski definition) is 4. The van der Waals surface area contributed by atoms with Crippen molar-refractivity contribution in [2.24, 2.45) is 0 Å². The second kappa shape index (κ2) is 8.55. The molecule has 0 spiro atoms. The number of pyridine rings is 1. The standard InChI is InChI=1S/C21H24ClN3O2/c1-14-3-5-18(6-4-14)24-21(27)16-7-9-25(10-8-16)20-19(22)11-17(12-23-20)15(2)13-26/h3-7,11-12,15,26H,8-10,13H2,1-2H3,(H,24,27)/t15-/m1/s1. The topological polar surface area (TPSA) is 65.5 Å². The van der Waals surface area contributed by atoms with Gasteiger partial charge in [0.25, 0.3) is 5.91 Å². The van der Waals surface area contributed by atoms with Crippen molar-refractivity contribution in [2.45, 2.75) is 26.2 Å². The van der Waals surface area contributed by atoms with Gasteiger partial charge in [-0.25, -0.2) is 4.98 Å². The molecule has 5 nitrogen and oxygen atoms in total. The Morgan fingerprint density at radius 1 is 1.37 bits per heavy atom. The van der Waals surface area contributed by atoms with Gasteiger partial charge in [0.05, 0.1) is 5.02 Å². The number of benzene rings is 1. The van der Waals surface area contributed by atoms with E-state index < -0.39 is 0 Å². The number of nitrogens with one attached hydrogen (secondary N) is 1. The number of rotatable bonds is 5. The largest absolute Gasteiger partial charge is 0.396 e. The first-order valence-corrected chi connectivity index (χ1v) is 9.44. The molecule has 0 fully saturated rings. The van der Waals surface area contributed by atoms with Gasteiger partial charge in [-0.05, 0) is 37.1 Å². The summed E-state index contributed by atoms with van der Waals surface area (Å²) in [5.41, 5.74) is 3.64. The van der Waals surface area contributed by atoms with E-state index in [9.17, 15) is 9.90 Å². The number of aromatic nitrogens is 1. The van der Waals surface area contributed by atoms with Gasteiger partial charge < -0.3 is 15.3 Å². The Hall–Kier alpha value is -2.37. The molecular formula is C21H24ClN3O2. The van der Waals surface area contributed by atoms with E-state index in [1.807, 2.05) is 50.3 Å². The molecule has 27 heavy (non-hydrogen) atoms. The second-order valence-corrected chi connectivity index (χ2v) is 7.31. The Kier molecular flexibility index (Phi) is 6.14. The zero-order valence-corrected chi connectivity index (χ0v) is 16.3. The smallest absolute Gasteiger partial charge is 0.251 e. The van der Waals surface area contributed by atoms with Crippen LogP contribution in [0.2, 0.25) is 5.02 Å². The molecule has 0 radical (unpaired) electrons. The maximum absolute atomic E-state index is 12.5. The molecule has 0 saturated carbocycles. The number of nitrogens with zero attached hydrogens (tertiary/aromatic N) is 2. The van der Waals surface area contributed by atoms with Gasteiger partial charge in [0.2, 0.25) is 0 Å². The molecule has 2 N–H and O–H groups in total. The van der Waals surface area contributed by atoms with Crippen LogP contribution >= 0.6 is 11.6 Å². The molecule has 0 aliphatic carbocycles. The number of anilines is 2. The lowest BCUT2D eigenvalue weighted by Gasteiger charge is -2.28. The summed E-state index contributed by atoms with van der Waals surface area (Å²) in [7, 11) is 0. The van der Waals surface area contributed by atoms with Crippen molar-refractivity contribution in [1.29, 1.82) is 0 Å². The third-order valence-corrected chi connectivity index (χ3v) is 5.07. The monoisotopic (exact) mass is 385 g/mol. The van der Waals surface area contributed by atoms with Crippen molar-refractivity contribution in [3.63, 3.8) is 0 Å². The molecule has 142 valence electrons. The van der Waals surface area contributed by atoms with Crippen LogP contribution in [0.1, 0.15) is 30.4 Å². The quantitative estimate of drug-likeness (QED) is 0.818. The first-order valence-electron chi connectivity index (χ1n) is 9.06. The molecule has 1 aliphatic heterocycles. The predicted molar refractivity (Wildman–Crippen MR) is 109 cm³/mol. The molecule has 0 saturated heterocycles. The number of amides is 1. The van der Waals surface area contributed by atoms with E-state index in [-0.39, 0.29) is 18.4 Å². The zero-order chi connectivity index (χ0) is 19.4. The van der Waals surface area contributed by atoms with Gasteiger partial charge in [-0.2, -0.15) is 0 Å². The van der Waals surface area contributed by atoms with Crippen LogP contribution in [-0.2, 0) is 4.79 Å². The average Bonchev–Trinajstić information content (AvgIpc) is 2.69. The molecule has 2 aromatic rings. The fraction of sp³-hybridized carbons (Fsp3) is 0.333. The summed E-state index contributed by atoms with van der Waals surface area (Å²) in [5, 5.41) is 12.8. The normalized spacial score (nSPS) is 15.3. The van der Waals surface area contributed by atoms with Crippen molar-refractivity contribution in [2.75, 3.05) is 29.9 Å². The van der Waals surface area contributed by atoms with Crippen molar-refractivity contribution >= 4 is 29.0 Å². The fourth-order valence-corrected chi connectivity index (χ4v) is 3.26. The number of hydrogen-bond donors (Lipinski definition) is 2. The maximum Gasteiger partial charge on any atom is 0.251 e. The summed E-state index contributed by atoms with van der Waals surface area (Å²) < 4.78 is 0. The predicted octanol–water partition coefficient (Wildman–Crippen LogP) is 3.91. The maximum atomic E-state index is 12.5. The van der Waals surface area contributed by atoms with Crippen molar-refractivity contribution < 1.29 is 9.90 Å². The number of aliphatic hydroxyl groups is 1. The summed E-state index contributed by atoms with van der Waals surface area (Å²) in [6.45, 7) is 5.26. The number of halogens is 1. The van der Waals surface area contributed by atoms with Gasteiger partial charge in [0, 0.05) is 43.1 Å². The summed E-state index contributed by atoms with van der Waals surface area (Å²) in [5.74, 6) is 0.645. The van der Waals surface area contributed by atoms with Gasteiger partial charge in [-0.3, -0.25) is 4.79 Å². The van der Waals surface area contributed by atoms with E-state index in [0.29, 0.717) is 30.4 Å². The molecule has 1 aromatic carbocycles. The minimum absolute atomic E-state index is 0.00220. The van der Waals surface area contributed by atoms with Gasteiger partial charge in [0.15, 0.2) is 0 Å². The van der Waals surface area contributed by atoms with E-state index in [2.05, 4.69) is 15.2 Å². The third kappa shape index (κ3) is 4.67. The second-order valence-electron chi connectivity index (χ2n) is 6.90. The molecule has 0 unspecified atom stereocenters. The lowest BCUT2D eigenvalue weighted by molar-refractivity contribution is -0.113. The molecule has 3 rings (SSSR count). The molecule has 1 aliphatic rings. The molecular weight excluding hydrogens is 362 g/mol. The highest BCUT2D eigenvalue weighted by Crippen LogP contribution is 2.29. The van der Waals surface area contributed by atoms with Gasteiger partial charge >= 0.3 is 0 Å². The van der Waals surface area contributed by atoms with Crippen molar-refractivity contribution in [1.82, 2.24) is 4.98 Å². The lowest BCUT2D eigenvalue weighted by Crippen LogP contribution is -2.32. The highest BCUT2D eigenvalue weighted by Gasteiger charge is 2.20. The van der Waals surface area contributed by atoms with Crippen LogP contribution < -0.4 is 10.2 Å². The molecule has 2 heterocycles. The Morgan fingerprint density at radius 3 is 2.70 bits per heavy atom. The van der Waals surface area contributed by atoms with E-state index in [4.69, 9.17) is 11.6 Å². The minimum Gasteiger partial charge on any atom is -0.396 e. The van der Waals surface area contributed by atoms with Crippen LogP contribution in [0, 0.1) is 6.92 Å². The van der Waals surface area contributed by atoms with Crippen LogP contribution in [0.4, 0.5) is 11.5 Å². The van der Waals surface area contributed by atoms with Gasteiger partial charge in [-0.1, -0.05) is 42.3 Å². The van der Waals surface area contributed by atoms with E-state index >= 15 is 0 Å². The van der Waals surface area contributed by atoms with Crippen molar-refractivity contribution in [3.05, 3.63) is 64.3 Å². The van der Waals surface area contributed by atoms with E-state index in [0.717, 1.165) is 22.4 Å². The molecule has 0 bridgehead atoms. The summed E-state index contributed by atoms with van der Waals surface area (Å²) in [4.78, 5) is 19.0. The van der Waals surface area contributed by atoms with Crippen molar-refractivity contribution in [3.8, 4) is 0 Å². The Labute approximate surface area is 164 Å². The van der Waals surface area contributed by atoms with E-state index in [1.54, 1.807) is 6.20 Å². The summed E-state index contributed by atoms with van der Waals surface area (Å²) >= 11 is 6.40. The lowest BCUT2D eigenvalue weighted by atomic mass is 10.0. The van der Waals surface area contributed by atoms with Gasteiger partial charge in [0.1, 0.15) is 5.82 Å². The van der Waals surface area contributed by atoms with Crippen LogP contribution in [0.25, 0.3) is 0 Å². The van der Waals surface area contributed by atoms with Crippen LogP contribution in [0.3, 0.4) is 0 Å². The Morgan fingerprint density at radius 2 is 2.11 bits per heavy atom. The third-order valence-electron chi connectivity index (χ3n) is 4.80. The summed E-state index contributed by atoms with van der Waals surface area (Å²) in [6.07, 6.45) is 4.31. The Bertz CT molecular complexity index is 849. The highest BCUT2D eigenvalue weighted by atomic mass is 35.5. The van der Waals surface area contributed by atoms with Crippen LogP contribution in [0.15, 0.2) is 48.2 Å². The highest BCUT2D eigenvalue weighted by molar-refractivity contribution is 6.33. The first-order chi connectivity index (χ1) is 13.0. The van der Waals surface area contributed by atoms with Crippen LogP contribution in [0.5, 0.6) is 0 Å². The summed E-state index contributed by atoms with van der Waals surface area (Å²) in [6, 6.07) is 9.61. The van der Waals surface area contributed by atoms with E-state index in [1.165, 1.54) is 0 Å². The Balaban J connectivity index is 1.65. The zero-order valence-electron chi connectivity index (χ0n) is 15.6. The number of carbonyl (C=O) groups is 1. The number of carbonyl (C=O) groups excluding carboxylic acids is 1. The minimum atomic E-state index is -0.0651. The molecule has 1 amide bonds. The average molecular weight is 386 g/mol. The fourth-order valence-electron chi connectivity index (χ4n) is 2.97. The molecule has 1 aromatic heterocycles. The molecule has 6 heteroatoms. The number of aliphatic hydroxyl groups excluding tert-OH is 1. The van der Waals surface area contributed by atoms with Gasteiger partial charge in [-0.15, -0.1) is 0 Å². The SMILES string of the molecule is Cc1ccc(NC(=O)C2=CCN(c3ncc([C@H](C)CO)cc3Cl)CC2)cc1. The number of aryl methyl sites for hydroxylation is 1. The van der Waals surface area contributed by atoms with Crippen LogP contribution in [-0.4, -0.2) is 35.7 Å². The molecule has 1 atom stereocenters.